The number of thiophene rings is 1. The summed E-state index contributed by atoms with van der Waals surface area (Å²) in [6, 6.07) is 17.2. The lowest BCUT2D eigenvalue weighted by atomic mass is 10.2. The Kier molecular flexibility index (Phi) is 5.55. The molecule has 0 aliphatic rings. The fraction of sp³-hybridized carbons (Fsp3) is 0.143. The van der Waals surface area contributed by atoms with Gasteiger partial charge in [-0.15, -0.1) is 23.1 Å². The van der Waals surface area contributed by atoms with Gasteiger partial charge in [0.1, 0.15) is 11.0 Å². The highest BCUT2D eigenvalue weighted by Crippen LogP contribution is 2.31. The van der Waals surface area contributed by atoms with Crippen LogP contribution in [0.25, 0.3) is 26.3 Å². The Bertz CT molecular complexity index is 1170. The second-order valence-corrected chi connectivity index (χ2v) is 8.99. The van der Waals surface area contributed by atoms with Crippen LogP contribution in [0.1, 0.15) is 6.92 Å². The molecular formula is C21H17ClN2O2S2. The molecule has 0 aliphatic heterocycles. The number of rotatable bonds is 5. The van der Waals surface area contributed by atoms with E-state index in [4.69, 9.17) is 11.6 Å². The number of fused-ring (bicyclic) bond motifs is 1. The molecule has 0 fully saturated rings. The van der Waals surface area contributed by atoms with E-state index in [2.05, 4.69) is 4.98 Å². The maximum absolute atomic E-state index is 13.0. The zero-order chi connectivity index (χ0) is 19.7. The van der Waals surface area contributed by atoms with E-state index < -0.39 is 0 Å². The maximum atomic E-state index is 13.0. The molecule has 0 spiro atoms. The molecule has 1 unspecified atom stereocenters. The van der Waals surface area contributed by atoms with Gasteiger partial charge in [-0.2, -0.15) is 0 Å². The molecule has 0 amide bonds. The van der Waals surface area contributed by atoms with Gasteiger partial charge in [0.15, 0.2) is 0 Å². The monoisotopic (exact) mass is 428 g/mol. The normalized spacial score (nSPS) is 12.4. The highest BCUT2D eigenvalue weighted by molar-refractivity contribution is 7.99. The third-order valence-electron chi connectivity index (χ3n) is 4.17. The predicted octanol–water partition coefficient (Wildman–Crippen LogP) is 5.24. The van der Waals surface area contributed by atoms with E-state index in [9.17, 15) is 9.90 Å². The number of aliphatic hydroxyl groups is 1. The van der Waals surface area contributed by atoms with E-state index in [0.29, 0.717) is 21.0 Å². The van der Waals surface area contributed by atoms with Gasteiger partial charge in [0.2, 0.25) is 0 Å². The van der Waals surface area contributed by atoms with Crippen LogP contribution in [-0.4, -0.2) is 26.5 Å². The molecule has 4 nitrogen and oxygen atoms in total. The quantitative estimate of drug-likeness (QED) is 0.441. The van der Waals surface area contributed by atoms with Crippen LogP contribution >= 0.6 is 34.7 Å². The summed E-state index contributed by atoms with van der Waals surface area (Å²) in [5, 5.41) is 10.1. The highest BCUT2D eigenvalue weighted by atomic mass is 35.5. The molecule has 7 heteroatoms. The number of aromatic nitrogens is 2. The number of nitrogens with zero attached hydrogens (tertiary/aromatic N) is 2. The molecule has 4 aromatic rings. The molecule has 2 aromatic carbocycles. The molecule has 0 saturated heterocycles. The van der Waals surface area contributed by atoms with Crippen molar-refractivity contribution in [3.63, 3.8) is 0 Å². The molecule has 28 heavy (non-hydrogen) atoms. The molecular weight excluding hydrogens is 412 g/mol. The van der Waals surface area contributed by atoms with Gasteiger partial charge in [0.05, 0.1) is 17.3 Å². The first kappa shape index (κ1) is 19.2. The minimum atomic E-state index is -0.354. The summed E-state index contributed by atoms with van der Waals surface area (Å²) in [5.74, 6) is 0.634. The number of hydrogen-bond acceptors (Lipinski definition) is 5. The van der Waals surface area contributed by atoms with Crippen molar-refractivity contribution in [2.75, 3.05) is 5.75 Å². The largest absolute Gasteiger partial charge is 0.393 e. The minimum Gasteiger partial charge on any atom is -0.393 e. The Morgan fingerprint density at radius 2 is 1.89 bits per heavy atom. The van der Waals surface area contributed by atoms with Gasteiger partial charge >= 0.3 is 0 Å². The standard InChI is InChI=1S/C21H17ClN2O2S2/c1-13(25)11-27-17-8-6-16(7-9-17)24-12-23-18-10-19(28-20(18)21(24)26)14-2-4-15(22)5-3-14/h2-10,12-13,25H,11H2,1H3. The molecule has 142 valence electrons. The SMILES string of the molecule is CC(O)CSc1ccc(-n2cnc3cc(-c4ccc(Cl)cc4)sc3c2=O)cc1. The average Bonchev–Trinajstić information content (AvgIpc) is 3.13. The van der Waals surface area contributed by atoms with Crippen LogP contribution < -0.4 is 5.56 Å². The van der Waals surface area contributed by atoms with Crippen LogP contribution in [-0.2, 0) is 0 Å². The fourth-order valence-electron chi connectivity index (χ4n) is 2.77. The fourth-order valence-corrected chi connectivity index (χ4v) is 4.71. The van der Waals surface area contributed by atoms with E-state index >= 15 is 0 Å². The summed E-state index contributed by atoms with van der Waals surface area (Å²) >= 11 is 8.98. The maximum Gasteiger partial charge on any atom is 0.275 e. The number of hydrogen-bond donors (Lipinski definition) is 1. The summed E-state index contributed by atoms with van der Waals surface area (Å²) < 4.78 is 2.19. The van der Waals surface area contributed by atoms with Crippen LogP contribution in [0.2, 0.25) is 5.02 Å². The van der Waals surface area contributed by atoms with Gasteiger partial charge in [-0.1, -0.05) is 23.7 Å². The number of benzene rings is 2. The van der Waals surface area contributed by atoms with E-state index in [1.807, 2.05) is 54.6 Å². The topological polar surface area (TPSA) is 55.1 Å². The summed E-state index contributed by atoms with van der Waals surface area (Å²) in [7, 11) is 0. The van der Waals surface area contributed by atoms with Gasteiger partial charge < -0.3 is 5.11 Å². The Hall–Kier alpha value is -2.12. The van der Waals surface area contributed by atoms with Gasteiger partial charge in [-0.05, 0) is 55.0 Å². The molecule has 4 rings (SSSR count). The van der Waals surface area contributed by atoms with Gasteiger partial charge in [-0.25, -0.2) is 4.98 Å². The lowest BCUT2D eigenvalue weighted by Crippen LogP contribution is -2.17. The van der Waals surface area contributed by atoms with Crippen molar-refractivity contribution >= 4 is 44.9 Å². The second kappa shape index (κ2) is 8.09. The van der Waals surface area contributed by atoms with Crippen LogP contribution in [0.5, 0.6) is 0 Å². The van der Waals surface area contributed by atoms with Crippen molar-refractivity contribution in [2.45, 2.75) is 17.9 Å². The highest BCUT2D eigenvalue weighted by Gasteiger charge is 2.12. The van der Waals surface area contributed by atoms with Crippen molar-refractivity contribution in [3.8, 4) is 16.1 Å². The summed E-state index contributed by atoms with van der Waals surface area (Å²) in [6.45, 7) is 1.77. The van der Waals surface area contributed by atoms with Crippen molar-refractivity contribution in [2.24, 2.45) is 0 Å². The summed E-state index contributed by atoms with van der Waals surface area (Å²) in [5.41, 5.74) is 2.39. The zero-order valence-electron chi connectivity index (χ0n) is 15.0. The first-order valence-corrected chi connectivity index (χ1v) is 10.9. The Morgan fingerprint density at radius 1 is 1.18 bits per heavy atom. The van der Waals surface area contributed by atoms with E-state index in [1.54, 1.807) is 29.6 Å². The van der Waals surface area contributed by atoms with Crippen LogP contribution in [0.15, 0.2) is 70.6 Å². The molecule has 2 heterocycles. The Morgan fingerprint density at radius 3 is 2.57 bits per heavy atom. The van der Waals surface area contributed by atoms with E-state index in [0.717, 1.165) is 21.0 Å². The molecule has 0 saturated carbocycles. The Labute approximate surface area is 175 Å². The number of aliphatic hydroxyl groups excluding tert-OH is 1. The molecule has 1 N–H and O–H groups in total. The first-order valence-electron chi connectivity index (χ1n) is 8.70. The molecule has 2 aromatic heterocycles. The smallest absolute Gasteiger partial charge is 0.275 e. The molecule has 1 atom stereocenters. The van der Waals surface area contributed by atoms with Crippen LogP contribution in [0, 0.1) is 0 Å². The van der Waals surface area contributed by atoms with Crippen molar-refractivity contribution in [1.29, 1.82) is 0 Å². The van der Waals surface area contributed by atoms with Crippen LogP contribution in [0.3, 0.4) is 0 Å². The van der Waals surface area contributed by atoms with Crippen molar-refractivity contribution in [3.05, 3.63) is 76.3 Å². The molecule has 0 radical (unpaired) electrons. The van der Waals surface area contributed by atoms with Gasteiger partial charge in [-0.3, -0.25) is 9.36 Å². The molecule has 0 aliphatic carbocycles. The predicted molar refractivity (Wildman–Crippen MR) is 118 cm³/mol. The lowest BCUT2D eigenvalue weighted by molar-refractivity contribution is 0.220. The number of halogens is 1. The van der Waals surface area contributed by atoms with E-state index in [-0.39, 0.29) is 11.7 Å². The average molecular weight is 429 g/mol. The minimum absolute atomic E-state index is 0.0837. The summed E-state index contributed by atoms with van der Waals surface area (Å²) in [4.78, 5) is 19.5. The molecule has 0 bridgehead atoms. The van der Waals surface area contributed by atoms with Gasteiger partial charge in [0.25, 0.3) is 5.56 Å². The summed E-state index contributed by atoms with van der Waals surface area (Å²) in [6.07, 6.45) is 1.22. The zero-order valence-corrected chi connectivity index (χ0v) is 17.4. The van der Waals surface area contributed by atoms with E-state index in [1.165, 1.54) is 11.3 Å². The van der Waals surface area contributed by atoms with Crippen molar-refractivity contribution < 1.29 is 5.11 Å². The third kappa shape index (κ3) is 4.00. The second-order valence-electron chi connectivity index (χ2n) is 6.41. The number of thioether (sulfide) groups is 1. The third-order valence-corrected chi connectivity index (χ3v) is 6.84. The lowest BCUT2D eigenvalue weighted by Gasteiger charge is -2.07. The van der Waals surface area contributed by atoms with Crippen molar-refractivity contribution in [1.82, 2.24) is 9.55 Å². The van der Waals surface area contributed by atoms with Crippen LogP contribution in [0.4, 0.5) is 0 Å². The first-order chi connectivity index (χ1) is 13.5. The van der Waals surface area contributed by atoms with Gasteiger partial charge in [0, 0.05) is 20.5 Å². The Balaban J connectivity index is 1.68.